The number of H-pyrrole nitrogens is 4. The summed E-state index contributed by atoms with van der Waals surface area (Å²) in [7, 11) is 2.36. The number of nitrogens with zero attached hydrogens (tertiary/aromatic N) is 1. The lowest BCUT2D eigenvalue weighted by Crippen LogP contribution is -2.33. The van der Waals surface area contributed by atoms with Gasteiger partial charge in [-0.1, -0.05) is 155 Å². The number of thiophene rings is 2. The van der Waals surface area contributed by atoms with Crippen LogP contribution in [-0.2, 0) is 19.1 Å². The highest BCUT2D eigenvalue weighted by atomic mass is 32.1. The molecule has 1 saturated heterocycles. The summed E-state index contributed by atoms with van der Waals surface area (Å²) in [6.45, 7) is 5.33. The van der Waals surface area contributed by atoms with Crippen molar-refractivity contribution in [2.75, 3.05) is 26.8 Å². The molecule has 4 N–H and O–H groups in total. The lowest BCUT2D eigenvalue weighted by molar-refractivity contribution is -0.166. The fourth-order valence-electron chi connectivity index (χ4n) is 15.1. The first kappa shape index (κ1) is 56.7. The van der Waals surface area contributed by atoms with Gasteiger partial charge in [0.05, 0.1) is 13.2 Å². The van der Waals surface area contributed by atoms with Crippen molar-refractivity contribution >= 4 is 56.9 Å². The molecule has 2 aliphatic carbocycles. The molecule has 8 heterocycles. The van der Waals surface area contributed by atoms with Crippen LogP contribution < -0.4 is 21.4 Å². The number of carbonyl (C=O) groups excluding carboxylic acids is 2. The lowest BCUT2D eigenvalue weighted by atomic mass is 9.82. The summed E-state index contributed by atoms with van der Waals surface area (Å²) < 4.78 is 11.2. The second-order valence-electron chi connectivity index (χ2n) is 24.1. The van der Waals surface area contributed by atoms with Crippen molar-refractivity contribution in [2.45, 2.75) is 110 Å². The molecular formula is C74H79N5O4S2. The van der Waals surface area contributed by atoms with E-state index in [0.717, 1.165) is 135 Å². The normalized spacial score (nSPS) is 21.4. The minimum Gasteiger partial charge on any atom is -0.465 e. The third kappa shape index (κ3) is 11.2. The van der Waals surface area contributed by atoms with Gasteiger partial charge in [-0.15, -0.1) is 22.7 Å². The number of benzene rings is 3. The van der Waals surface area contributed by atoms with E-state index < -0.39 is 5.41 Å². The highest BCUT2D eigenvalue weighted by Crippen LogP contribution is 2.65. The molecule has 9 aromatic rings. The van der Waals surface area contributed by atoms with E-state index in [9.17, 15) is 9.59 Å². The van der Waals surface area contributed by atoms with Crippen LogP contribution in [0.1, 0.15) is 159 Å². The predicted molar refractivity (Wildman–Crippen MR) is 345 cm³/mol. The number of likely N-dealkylation sites (tertiary alicyclic amines) is 1. The number of rotatable bonds is 10. The lowest BCUT2D eigenvalue weighted by Gasteiger charge is -2.26. The molecule has 3 fully saturated rings. The molecule has 0 radical (unpaired) electrons. The number of hydrogen-bond acceptors (Lipinski definition) is 7. The van der Waals surface area contributed by atoms with Crippen LogP contribution >= 0.6 is 22.7 Å². The quantitative estimate of drug-likeness (QED) is 0.0803. The molecule has 436 valence electrons. The summed E-state index contributed by atoms with van der Waals surface area (Å²) in [4.78, 5) is 51.0. The molecule has 9 nitrogen and oxygen atoms in total. The van der Waals surface area contributed by atoms with Crippen LogP contribution in [0.3, 0.4) is 0 Å². The number of ether oxygens (including phenoxy) is 2. The van der Waals surface area contributed by atoms with Crippen LogP contribution in [0.25, 0.3) is 32.0 Å². The molecule has 6 aromatic heterocycles. The highest BCUT2D eigenvalue weighted by Gasteiger charge is 2.75. The summed E-state index contributed by atoms with van der Waals surface area (Å²) in [5, 5.41) is 4.13. The average Bonchev–Trinajstić information content (AvgIpc) is 1.63. The minimum absolute atomic E-state index is 0.0117. The van der Waals surface area contributed by atoms with Crippen molar-refractivity contribution in [1.82, 2.24) is 24.8 Å². The fraction of sp³-hybridized carbons (Fsp3) is 0.351. The molecule has 2 aliphatic heterocycles. The number of carbonyl (C=O) groups is 2. The molecule has 2 saturated carbocycles. The maximum atomic E-state index is 13.6. The Bertz CT molecular complexity index is 4030. The Kier molecular flexibility index (Phi) is 16.8. The van der Waals surface area contributed by atoms with Gasteiger partial charge in [0.2, 0.25) is 0 Å². The minimum atomic E-state index is -1.12. The predicted octanol–water partition coefficient (Wildman–Crippen LogP) is 14.1. The summed E-state index contributed by atoms with van der Waals surface area (Å²) >= 11 is 3.85. The molecule has 3 aromatic carbocycles. The Hall–Kier alpha value is -7.44. The molecule has 0 amide bonds. The maximum Gasteiger partial charge on any atom is 0.324 e. The average molecular weight is 1170 g/mol. The first-order valence-corrected chi connectivity index (χ1v) is 33.1. The molecule has 11 heteroatoms. The second-order valence-corrected chi connectivity index (χ2v) is 26.3. The molecule has 13 rings (SSSR count). The summed E-state index contributed by atoms with van der Waals surface area (Å²) in [5.41, 5.74) is 10.8. The Balaban J connectivity index is 0.831. The molecule has 0 spiro atoms. The molecule has 85 heavy (non-hydrogen) atoms. The van der Waals surface area contributed by atoms with Crippen LogP contribution in [0.2, 0.25) is 0 Å². The Morgan fingerprint density at radius 2 is 0.847 bits per heavy atom. The van der Waals surface area contributed by atoms with E-state index in [-0.39, 0.29) is 37.0 Å². The van der Waals surface area contributed by atoms with Gasteiger partial charge in [0.1, 0.15) is 0 Å². The van der Waals surface area contributed by atoms with Gasteiger partial charge >= 0.3 is 11.9 Å². The summed E-state index contributed by atoms with van der Waals surface area (Å²) in [5.74, 6) is 0.534. The summed E-state index contributed by atoms with van der Waals surface area (Å²) in [6.07, 6.45) is 15.9. The van der Waals surface area contributed by atoms with Crippen LogP contribution in [0, 0.1) is 29.1 Å². The third-order valence-electron chi connectivity index (χ3n) is 19.0. The van der Waals surface area contributed by atoms with Gasteiger partial charge in [-0.05, 0) is 160 Å². The van der Waals surface area contributed by atoms with E-state index in [4.69, 9.17) is 9.47 Å². The third-order valence-corrected chi connectivity index (χ3v) is 21.5. The Labute approximate surface area is 507 Å². The van der Waals surface area contributed by atoms with Gasteiger partial charge in [-0.3, -0.25) is 14.5 Å². The molecule has 5 unspecified atom stereocenters. The zero-order chi connectivity index (χ0) is 57.9. The van der Waals surface area contributed by atoms with E-state index in [1.807, 2.05) is 36.5 Å². The van der Waals surface area contributed by atoms with Crippen molar-refractivity contribution in [2.24, 2.45) is 29.1 Å². The molecule has 4 aliphatic rings. The maximum absolute atomic E-state index is 13.6. The van der Waals surface area contributed by atoms with Crippen molar-refractivity contribution < 1.29 is 19.1 Å². The monoisotopic (exact) mass is 1170 g/mol. The second kappa shape index (κ2) is 25.3. The van der Waals surface area contributed by atoms with Gasteiger partial charge in [0, 0.05) is 98.6 Å². The summed E-state index contributed by atoms with van der Waals surface area (Å²) in [6, 6.07) is 59.9. The van der Waals surface area contributed by atoms with Gasteiger partial charge in [0.15, 0.2) is 5.41 Å². The van der Waals surface area contributed by atoms with Crippen molar-refractivity contribution in [3.8, 4) is 9.75 Å². The standard InChI is InChI=1S/C74H79N5O4S2/c1-4-82-72(80)74(73(81)83-5-2)53-33-23-10-8-6-7-9-22-32-52-51(31-21-14-24-34-54(53)74)47-79(3)71(52)66-46-44-64(85-66)63-43-45-65(84-63)70-61-41-39-59(77-61)68(49-27-17-12-18-28-49)57-37-35-55(75-57)67(48-25-15-11-16-26-48)56-36-38-58(76-56)69(50-29-19-13-20-30-50)60-40-42-62(70)78-60/h11-13,15-20,25-30,35-46,51-54,71,75-78H,4-10,14,21-24,31-34,47H2,1-3H3. The number of aromatic amines is 4. The van der Waals surface area contributed by atoms with Gasteiger partial charge < -0.3 is 29.4 Å². The number of esters is 2. The van der Waals surface area contributed by atoms with Crippen LogP contribution in [0.5, 0.6) is 0 Å². The zero-order valence-corrected chi connectivity index (χ0v) is 51.0. The van der Waals surface area contributed by atoms with Gasteiger partial charge in [-0.25, -0.2) is 0 Å². The highest BCUT2D eigenvalue weighted by molar-refractivity contribution is 7.22. The number of hydrogen-bond donors (Lipinski definition) is 4. The van der Waals surface area contributed by atoms with Crippen molar-refractivity contribution in [1.29, 1.82) is 0 Å². The molecule has 8 bridgehead atoms. The van der Waals surface area contributed by atoms with E-state index >= 15 is 0 Å². The van der Waals surface area contributed by atoms with Gasteiger partial charge in [-0.2, -0.15) is 0 Å². The Morgan fingerprint density at radius 3 is 1.34 bits per heavy atom. The Morgan fingerprint density at radius 1 is 0.447 bits per heavy atom. The number of fused-ring (bicyclic) bond motifs is 10. The smallest absolute Gasteiger partial charge is 0.324 e. The SMILES string of the molecule is CCOC(=O)C1(C(=O)OCC)C2CCCCCCCCCC3C(CCCCCC21)CN(C)C3c1ccc(-c2ccc(C3=c4ccc([nH]4)=C(c4ccccc4)c4ccc([nH]4)C(c4ccccc4)=c4ccc([nH]4)=C(c4ccccc4)c4ccc3[nH]4)s2)s1. The topological polar surface area (TPSA) is 119 Å². The zero-order valence-electron chi connectivity index (χ0n) is 49.4. The number of aromatic nitrogens is 4. The van der Waals surface area contributed by atoms with E-state index in [2.05, 4.69) is 196 Å². The van der Waals surface area contributed by atoms with Gasteiger partial charge in [0.25, 0.3) is 0 Å². The molecule has 5 atom stereocenters. The van der Waals surface area contributed by atoms with Crippen molar-refractivity contribution in [3.05, 3.63) is 234 Å². The largest absolute Gasteiger partial charge is 0.465 e. The fourth-order valence-corrected chi connectivity index (χ4v) is 17.5. The van der Waals surface area contributed by atoms with E-state index in [0.29, 0.717) is 17.9 Å². The van der Waals surface area contributed by atoms with Crippen molar-refractivity contribution in [3.63, 3.8) is 0 Å². The van der Waals surface area contributed by atoms with Crippen LogP contribution in [0.15, 0.2) is 164 Å². The van der Waals surface area contributed by atoms with Crippen LogP contribution in [0.4, 0.5) is 0 Å². The van der Waals surface area contributed by atoms with E-state index in [1.54, 1.807) is 0 Å². The first-order valence-electron chi connectivity index (χ1n) is 31.5. The number of nitrogens with one attached hydrogen (secondary N) is 4. The van der Waals surface area contributed by atoms with Crippen LogP contribution in [-0.4, -0.2) is 63.6 Å². The van der Waals surface area contributed by atoms with E-state index in [1.165, 1.54) is 64.5 Å². The first-order chi connectivity index (χ1) is 41.8. The molecular weight excluding hydrogens is 1090 g/mol.